The maximum atomic E-state index is 12.2. The molecule has 6 nitrogen and oxygen atoms in total. The summed E-state index contributed by atoms with van der Waals surface area (Å²) >= 11 is 0. The Balaban J connectivity index is 2.28. The number of hydrogen-bond acceptors (Lipinski definition) is 3. The Kier molecular flexibility index (Phi) is 4.05. The van der Waals surface area contributed by atoms with Crippen LogP contribution in [0.15, 0.2) is 36.5 Å². The second-order valence-electron chi connectivity index (χ2n) is 4.48. The molecule has 0 unspecified atom stereocenters. The van der Waals surface area contributed by atoms with Crippen molar-refractivity contribution >= 4 is 17.6 Å². The first-order chi connectivity index (χ1) is 10.0. The van der Waals surface area contributed by atoms with Crippen LogP contribution in [0.5, 0.6) is 0 Å². The first kappa shape index (κ1) is 14.3. The zero-order chi connectivity index (χ0) is 15.4. The number of benzene rings is 1. The molecule has 0 spiro atoms. The zero-order valence-electron chi connectivity index (χ0n) is 11.3. The summed E-state index contributed by atoms with van der Waals surface area (Å²) in [5.41, 5.74) is 1.78. The van der Waals surface area contributed by atoms with Crippen LogP contribution in [-0.4, -0.2) is 21.6 Å². The number of carboxylic acids is 1. The van der Waals surface area contributed by atoms with Gasteiger partial charge in [0.05, 0.1) is 11.3 Å². The molecule has 0 atom stereocenters. The van der Waals surface area contributed by atoms with Crippen molar-refractivity contribution in [3.05, 3.63) is 53.3 Å². The fourth-order valence-corrected chi connectivity index (χ4v) is 2.01. The van der Waals surface area contributed by atoms with Gasteiger partial charge < -0.3 is 15.0 Å². The van der Waals surface area contributed by atoms with E-state index in [4.69, 9.17) is 10.4 Å². The maximum Gasteiger partial charge on any atom is 0.323 e. The van der Waals surface area contributed by atoms with E-state index in [1.165, 1.54) is 16.8 Å². The van der Waals surface area contributed by atoms with Gasteiger partial charge in [0.25, 0.3) is 5.91 Å². The molecule has 0 bridgehead atoms. The summed E-state index contributed by atoms with van der Waals surface area (Å²) in [5.74, 6) is -1.49. The number of carbonyl (C=O) groups is 2. The van der Waals surface area contributed by atoms with Gasteiger partial charge in [-0.15, -0.1) is 0 Å². The average Bonchev–Trinajstić information content (AvgIpc) is 2.86. The molecule has 0 fully saturated rings. The monoisotopic (exact) mass is 283 g/mol. The highest BCUT2D eigenvalue weighted by molar-refractivity contribution is 6.04. The van der Waals surface area contributed by atoms with Crippen LogP contribution in [0.4, 0.5) is 5.69 Å². The second kappa shape index (κ2) is 5.92. The third-order valence-electron chi connectivity index (χ3n) is 3.00. The van der Waals surface area contributed by atoms with E-state index in [0.29, 0.717) is 11.3 Å². The molecule has 0 aliphatic rings. The molecule has 2 N–H and O–H groups in total. The lowest BCUT2D eigenvalue weighted by molar-refractivity contribution is -0.137. The Bertz CT molecular complexity index is 741. The smallest absolute Gasteiger partial charge is 0.323 e. The van der Waals surface area contributed by atoms with Gasteiger partial charge in [0, 0.05) is 6.20 Å². The van der Waals surface area contributed by atoms with E-state index in [1.54, 1.807) is 31.2 Å². The van der Waals surface area contributed by atoms with Gasteiger partial charge in [-0.3, -0.25) is 9.59 Å². The van der Waals surface area contributed by atoms with Gasteiger partial charge in [0.2, 0.25) is 0 Å². The summed E-state index contributed by atoms with van der Waals surface area (Å²) in [6.07, 6.45) is 1.52. The zero-order valence-corrected chi connectivity index (χ0v) is 11.3. The predicted molar refractivity (Wildman–Crippen MR) is 75.9 cm³/mol. The number of rotatable bonds is 4. The lowest BCUT2D eigenvalue weighted by Crippen LogP contribution is -2.20. The molecule has 0 aliphatic heterocycles. The number of aliphatic carboxylic acids is 1. The van der Waals surface area contributed by atoms with Crippen molar-refractivity contribution in [1.82, 2.24) is 4.57 Å². The van der Waals surface area contributed by atoms with Crippen LogP contribution >= 0.6 is 0 Å². The van der Waals surface area contributed by atoms with Crippen LogP contribution < -0.4 is 5.32 Å². The first-order valence-corrected chi connectivity index (χ1v) is 6.21. The van der Waals surface area contributed by atoms with E-state index in [9.17, 15) is 9.59 Å². The molecule has 6 heteroatoms. The van der Waals surface area contributed by atoms with Crippen molar-refractivity contribution in [3.8, 4) is 6.07 Å². The summed E-state index contributed by atoms with van der Waals surface area (Å²) in [7, 11) is 0. The summed E-state index contributed by atoms with van der Waals surface area (Å²) in [4.78, 5) is 23.0. The number of hydrogen-bond donors (Lipinski definition) is 2. The number of amides is 1. The van der Waals surface area contributed by atoms with E-state index < -0.39 is 11.9 Å². The van der Waals surface area contributed by atoms with Crippen molar-refractivity contribution in [2.24, 2.45) is 0 Å². The second-order valence-corrected chi connectivity index (χ2v) is 4.48. The molecular formula is C15H13N3O3. The first-order valence-electron chi connectivity index (χ1n) is 6.21. The van der Waals surface area contributed by atoms with Crippen LogP contribution in [-0.2, 0) is 11.3 Å². The number of aryl methyl sites for hydroxylation is 1. The van der Waals surface area contributed by atoms with Crippen molar-refractivity contribution in [1.29, 1.82) is 5.26 Å². The number of nitriles is 1. The molecular weight excluding hydrogens is 270 g/mol. The third-order valence-corrected chi connectivity index (χ3v) is 3.00. The number of nitrogens with zero attached hydrogens (tertiary/aromatic N) is 2. The standard InChI is InChI=1S/C15H13N3O3/c1-10-4-2-5-12(11(10)8-16)17-15(21)13-6-3-7-18(13)9-14(19)20/h2-7H,9H2,1H3,(H,17,21)(H,19,20). The molecule has 106 valence electrons. The molecule has 0 radical (unpaired) electrons. The number of carboxylic acid groups (broad SMARTS) is 1. The lowest BCUT2D eigenvalue weighted by Gasteiger charge is -2.10. The molecule has 21 heavy (non-hydrogen) atoms. The van der Waals surface area contributed by atoms with Crippen molar-refractivity contribution in [2.75, 3.05) is 5.32 Å². The van der Waals surface area contributed by atoms with Gasteiger partial charge in [-0.2, -0.15) is 5.26 Å². The highest BCUT2D eigenvalue weighted by atomic mass is 16.4. The van der Waals surface area contributed by atoms with Crippen LogP contribution in [0.3, 0.4) is 0 Å². The molecule has 1 aromatic heterocycles. The summed E-state index contributed by atoms with van der Waals surface area (Å²) in [6.45, 7) is 1.48. The largest absolute Gasteiger partial charge is 0.480 e. The van der Waals surface area contributed by atoms with Gasteiger partial charge in [-0.1, -0.05) is 12.1 Å². The maximum absolute atomic E-state index is 12.2. The fourth-order valence-electron chi connectivity index (χ4n) is 2.01. The Morgan fingerprint density at radius 2 is 2.10 bits per heavy atom. The minimum absolute atomic E-state index is 0.225. The van der Waals surface area contributed by atoms with Gasteiger partial charge in [0.15, 0.2) is 0 Å². The average molecular weight is 283 g/mol. The fraction of sp³-hybridized carbons (Fsp3) is 0.133. The Morgan fingerprint density at radius 1 is 1.33 bits per heavy atom. The van der Waals surface area contributed by atoms with E-state index >= 15 is 0 Å². The van der Waals surface area contributed by atoms with Crippen LogP contribution in [0.25, 0.3) is 0 Å². The molecule has 1 amide bonds. The van der Waals surface area contributed by atoms with Gasteiger partial charge in [-0.05, 0) is 30.7 Å². The molecule has 2 aromatic rings. The normalized spacial score (nSPS) is 9.90. The van der Waals surface area contributed by atoms with Crippen LogP contribution in [0.1, 0.15) is 21.6 Å². The molecule has 0 aliphatic carbocycles. The molecule has 0 saturated heterocycles. The Hall–Kier alpha value is -3.07. The van der Waals surface area contributed by atoms with E-state index in [2.05, 4.69) is 5.32 Å². The SMILES string of the molecule is Cc1cccc(NC(=O)c2cccn2CC(=O)O)c1C#N. The number of anilines is 1. The number of aromatic nitrogens is 1. The minimum atomic E-state index is -1.03. The van der Waals surface area contributed by atoms with E-state index in [-0.39, 0.29) is 12.2 Å². The highest BCUT2D eigenvalue weighted by Crippen LogP contribution is 2.19. The van der Waals surface area contributed by atoms with Crippen LogP contribution in [0.2, 0.25) is 0 Å². The Labute approximate surface area is 121 Å². The molecule has 0 saturated carbocycles. The van der Waals surface area contributed by atoms with E-state index in [0.717, 1.165) is 5.56 Å². The van der Waals surface area contributed by atoms with Gasteiger partial charge in [0.1, 0.15) is 18.3 Å². The summed E-state index contributed by atoms with van der Waals surface area (Å²) in [5, 5.41) is 20.6. The number of carbonyl (C=O) groups excluding carboxylic acids is 1. The van der Waals surface area contributed by atoms with Gasteiger partial charge in [-0.25, -0.2) is 0 Å². The summed E-state index contributed by atoms with van der Waals surface area (Å²) in [6, 6.07) is 10.3. The quantitative estimate of drug-likeness (QED) is 0.897. The summed E-state index contributed by atoms with van der Waals surface area (Å²) < 4.78 is 1.33. The van der Waals surface area contributed by atoms with Crippen LogP contribution in [0, 0.1) is 18.3 Å². The molecule has 1 heterocycles. The van der Waals surface area contributed by atoms with Crippen molar-refractivity contribution < 1.29 is 14.7 Å². The lowest BCUT2D eigenvalue weighted by atomic mass is 10.1. The molecule has 2 rings (SSSR count). The topological polar surface area (TPSA) is 95.1 Å². The number of nitrogens with one attached hydrogen (secondary N) is 1. The predicted octanol–water partition coefficient (Wildman–Crippen LogP) is 2.01. The van der Waals surface area contributed by atoms with Crippen molar-refractivity contribution in [3.63, 3.8) is 0 Å². The Morgan fingerprint density at radius 3 is 2.76 bits per heavy atom. The van der Waals surface area contributed by atoms with Crippen molar-refractivity contribution in [2.45, 2.75) is 13.5 Å². The van der Waals surface area contributed by atoms with E-state index in [1.807, 2.05) is 6.07 Å². The highest BCUT2D eigenvalue weighted by Gasteiger charge is 2.15. The third kappa shape index (κ3) is 3.09. The minimum Gasteiger partial charge on any atom is -0.480 e. The molecule has 1 aromatic carbocycles. The van der Waals surface area contributed by atoms with Gasteiger partial charge >= 0.3 is 5.97 Å².